The monoisotopic (exact) mass is 150 g/mol. The van der Waals surface area contributed by atoms with Crippen molar-refractivity contribution in [2.75, 3.05) is 13.1 Å². The van der Waals surface area contributed by atoms with Gasteiger partial charge in [0.15, 0.2) is 0 Å². The molecular weight excluding hydrogens is 136 g/mol. The summed E-state index contributed by atoms with van der Waals surface area (Å²) in [6, 6.07) is 0. The maximum atomic E-state index is 4.17. The average molecular weight is 150 g/mol. The van der Waals surface area contributed by atoms with Gasteiger partial charge in [0.25, 0.3) is 0 Å². The van der Waals surface area contributed by atoms with E-state index in [1.807, 2.05) is 12.4 Å². The van der Waals surface area contributed by atoms with Crippen LogP contribution in [0.2, 0.25) is 0 Å². The third kappa shape index (κ3) is 1.44. The second-order valence-electron chi connectivity index (χ2n) is 3.18. The fourth-order valence-electron chi connectivity index (χ4n) is 1.73. The molecule has 0 unspecified atom stereocenters. The van der Waals surface area contributed by atoms with Crippen molar-refractivity contribution >= 4 is 6.21 Å². The van der Waals surface area contributed by atoms with Crippen molar-refractivity contribution in [3.05, 3.63) is 11.9 Å². The number of hydrogen-bond donors (Lipinski definition) is 0. The van der Waals surface area contributed by atoms with Gasteiger partial charge >= 0.3 is 0 Å². The highest BCUT2D eigenvalue weighted by Crippen LogP contribution is 2.19. The van der Waals surface area contributed by atoms with Crippen LogP contribution in [0.3, 0.4) is 0 Å². The smallest absolute Gasteiger partial charge is 0.0455 e. The molecule has 0 aliphatic carbocycles. The van der Waals surface area contributed by atoms with Gasteiger partial charge in [-0.3, -0.25) is 4.99 Å². The second-order valence-corrected chi connectivity index (χ2v) is 3.18. The molecule has 0 saturated carbocycles. The first-order valence-electron chi connectivity index (χ1n) is 4.42. The van der Waals surface area contributed by atoms with Crippen LogP contribution in [-0.2, 0) is 0 Å². The van der Waals surface area contributed by atoms with Gasteiger partial charge in [0.2, 0.25) is 0 Å². The molecule has 0 atom stereocenters. The third-order valence-electron chi connectivity index (χ3n) is 2.37. The Kier molecular flexibility index (Phi) is 1.93. The molecule has 0 aromatic carbocycles. The molecule has 2 heterocycles. The molecule has 0 aromatic heterocycles. The van der Waals surface area contributed by atoms with E-state index in [1.165, 1.54) is 38.0 Å². The van der Waals surface area contributed by atoms with Gasteiger partial charge in [-0.05, 0) is 25.7 Å². The van der Waals surface area contributed by atoms with Crippen LogP contribution in [0, 0.1) is 0 Å². The van der Waals surface area contributed by atoms with Gasteiger partial charge in [-0.25, -0.2) is 0 Å². The minimum Gasteiger partial charge on any atom is -0.374 e. The molecule has 0 N–H and O–H groups in total. The van der Waals surface area contributed by atoms with E-state index in [4.69, 9.17) is 0 Å². The summed E-state index contributed by atoms with van der Waals surface area (Å²) in [6.45, 7) is 2.50. The Balaban J connectivity index is 2.02. The van der Waals surface area contributed by atoms with Crippen molar-refractivity contribution in [1.82, 2.24) is 4.90 Å². The van der Waals surface area contributed by atoms with E-state index in [1.54, 1.807) is 0 Å². The second kappa shape index (κ2) is 3.07. The highest BCUT2D eigenvalue weighted by Gasteiger charge is 2.14. The Morgan fingerprint density at radius 2 is 2.09 bits per heavy atom. The lowest BCUT2D eigenvalue weighted by molar-refractivity contribution is 0.408. The first-order valence-corrected chi connectivity index (χ1v) is 4.42. The van der Waals surface area contributed by atoms with E-state index in [0.29, 0.717) is 0 Å². The molecule has 11 heavy (non-hydrogen) atoms. The number of aliphatic imine (C=N–C) groups is 1. The number of hydrogen-bond acceptors (Lipinski definition) is 2. The fraction of sp³-hybridized carbons (Fsp3) is 0.667. The van der Waals surface area contributed by atoms with Crippen molar-refractivity contribution in [3.63, 3.8) is 0 Å². The SMILES string of the molecule is C1=NC=C(N2CCCC2)CC1. The highest BCUT2D eigenvalue weighted by atomic mass is 15.2. The Morgan fingerprint density at radius 1 is 1.27 bits per heavy atom. The summed E-state index contributed by atoms with van der Waals surface area (Å²) in [4.78, 5) is 6.64. The predicted octanol–water partition coefficient (Wildman–Crippen LogP) is 1.79. The molecule has 1 fully saturated rings. The molecular formula is C9H14N2. The minimum absolute atomic E-state index is 1.13. The van der Waals surface area contributed by atoms with Crippen LogP contribution in [-0.4, -0.2) is 24.2 Å². The van der Waals surface area contributed by atoms with Gasteiger partial charge in [0.1, 0.15) is 0 Å². The summed E-state index contributed by atoms with van der Waals surface area (Å²) >= 11 is 0. The van der Waals surface area contributed by atoms with E-state index in [-0.39, 0.29) is 0 Å². The number of rotatable bonds is 1. The lowest BCUT2D eigenvalue weighted by Gasteiger charge is -2.21. The molecule has 0 aromatic rings. The summed E-state index contributed by atoms with van der Waals surface area (Å²) in [7, 11) is 0. The van der Waals surface area contributed by atoms with Gasteiger partial charge < -0.3 is 4.90 Å². The highest BCUT2D eigenvalue weighted by molar-refractivity contribution is 5.60. The van der Waals surface area contributed by atoms with E-state index in [0.717, 1.165) is 6.42 Å². The normalized spacial score (nSPS) is 24.0. The lowest BCUT2D eigenvalue weighted by atomic mass is 10.2. The lowest BCUT2D eigenvalue weighted by Crippen LogP contribution is -2.19. The maximum Gasteiger partial charge on any atom is 0.0455 e. The van der Waals surface area contributed by atoms with Gasteiger partial charge in [-0.1, -0.05) is 0 Å². The van der Waals surface area contributed by atoms with Crippen LogP contribution in [0.25, 0.3) is 0 Å². The fourth-order valence-corrected chi connectivity index (χ4v) is 1.73. The van der Waals surface area contributed by atoms with Crippen LogP contribution < -0.4 is 0 Å². The molecule has 2 heteroatoms. The van der Waals surface area contributed by atoms with Crippen molar-refractivity contribution < 1.29 is 0 Å². The van der Waals surface area contributed by atoms with Gasteiger partial charge in [-0.15, -0.1) is 0 Å². The zero-order chi connectivity index (χ0) is 7.52. The van der Waals surface area contributed by atoms with Crippen LogP contribution in [0.4, 0.5) is 0 Å². The van der Waals surface area contributed by atoms with Gasteiger partial charge in [0.05, 0.1) is 0 Å². The standard InChI is InChI=1S/C9H14N2/c1-2-7-11(6-1)9-4-3-5-10-8-9/h5,8H,1-4,6-7H2. The molecule has 2 aliphatic heterocycles. The van der Waals surface area contributed by atoms with E-state index in [2.05, 4.69) is 9.89 Å². The molecule has 0 spiro atoms. The van der Waals surface area contributed by atoms with E-state index in [9.17, 15) is 0 Å². The Morgan fingerprint density at radius 3 is 2.73 bits per heavy atom. The molecule has 0 bridgehead atoms. The predicted molar refractivity (Wildman–Crippen MR) is 46.6 cm³/mol. The Labute approximate surface area is 67.6 Å². The molecule has 2 nitrogen and oxygen atoms in total. The Hall–Kier alpha value is -0.790. The summed E-state index contributed by atoms with van der Waals surface area (Å²) in [5, 5.41) is 0. The van der Waals surface area contributed by atoms with E-state index >= 15 is 0 Å². The van der Waals surface area contributed by atoms with Gasteiger partial charge in [-0.2, -0.15) is 0 Å². The molecule has 0 radical (unpaired) electrons. The summed E-state index contributed by atoms with van der Waals surface area (Å²) in [6.07, 6.45) is 9.07. The van der Waals surface area contributed by atoms with Crippen LogP contribution in [0.5, 0.6) is 0 Å². The summed E-state index contributed by atoms with van der Waals surface area (Å²) < 4.78 is 0. The van der Waals surface area contributed by atoms with Crippen molar-refractivity contribution in [1.29, 1.82) is 0 Å². The van der Waals surface area contributed by atoms with Crippen LogP contribution >= 0.6 is 0 Å². The zero-order valence-corrected chi connectivity index (χ0v) is 6.79. The summed E-state index contributed by atoms with van der Waals surface area (Å²) in [5.74, 6) is 0. The quantitative estimate of drug-likeness (QED) is 0.556. The van der Waals surface area contributed by atoms with Crippen molar-refractivity contribution in [3.8, 4) is 0 Å². The maximum absolute atomic E-state index is 4.17. The molecule has 2 rings (SSSR count). The first kappa shape index (κ1) is 6.89. The molecule has 2 aliphatic rings. The number of likely N-dealkylation sites (tertiary alicyclic amines) is 1. The number of nitrogens with zero attached hydrogens (tertiary/aromatic N) is 2. The topological polar surface area (TPSA) is 15.6 Å². The largest absolute Gasteiger partial charge is 0.374 e. The van der Waals surface area contributed by atoms with Gasteiger partial charge in [0, 0.05) is 31.2 Å². The molecule has 0 amide bonds. The molecule has 1 saturated heterocycles. The zero-order valence-electron chi connectivity index (χ0n) is 6.79. The Bertz CT molecular complexity index is 188. The first-order chi connectivity index (χ1) is 5.47. The van der Waals surface area contributed by atoms with Crippen molar-refractivity contribution in [2.24, 2.45) is 4.99 Å². The minimum atomic E-state index is 1.13. The average Bonchev–Trinajstić information content (AvgIpc) is 2.58. The summed E-state index contributed by atoms with van der Waals surface area (Å²) in [5.41, 5.74) is 1.45. The van der Waals surface area contributed by atoms with E-state index < -0.39 is 0 Å². The third-order valence-corrected chi connectivity index (χ3v) is 2.37. The van der Waals surface area contributed by atoms with Crippen LogP contribution in [0.15, 0.2) is 16.9 Å². The van der Waals surface area contributed by atoms with Crippen LogP contribution in [0.1, 0.15) is 25.7 Å². The number of allylic oxidation sites excluding steroid dienone is 1. The molecule has 60 valence electrons. The van der Waals surface area contributed by atoms with Crippen molar-refractivity contribution in [2.45, 2.75) is 25.7 Å².